The zero-order valence-corrected chi connectivity index (χ0v) is 9.61. The molecule has 0 bridgehead atoms. The average Bonchev–Trinajstić information content (AvgIpc) is 2.27. The molecule has 2 unspecified atom stereocenters. The molecule has 0 radical (unpaired) electrons. The molecule has 3 N–H and O–H groups in total. The normalized spacial score (nSPS) is 15.2. The number of halogens is 3. The highest BCUT2D eigenvalue weighted by Crippen LogP contribution is 2.31. The van der Waals surface area contributed by atoms with E-state index < -0.39 is 24.3 Å². The molecule has 1 rings (SSSR count). The minimum absolute atomic E-state index is 0.0432. The standard InChI is InChI=1S/C11H14F3NO3/c1-15-6-8(16)10(17)7-4-2-3-5-9(7)18-11(12,13)14/h2-5,8,10,15-17H,6H2,1H3. The molecule has 0 spiro atoms. The van der Waals surface area contributed by atoms with Crippen LogP contribution in [0.2, 0.25) is 0 Å². The Hall–Kier alpha value is -1.31. The van der Waals surface area contributed by atoms with Gasteiger partial charge in [-0.05, 0) is 13.1 Å². The first-order chi connectivity index (χ1) is 8.35. The summed E-state index contributed by atoms with van der Waals surface area (Å²) < 4.78 is 40.3. The fourth-order valence-electron chi connectivity index (χ4n) is 1.47. The summed E-state index contributed by atoms with van der Waals surface area (Å²) in [5, 5.41) is 21.9. The van der Waals surface area contributed by atoms with E-state index in [0.29, 0.717) is 0 Å². The number of rotatable bonds is 5. The molecule has 7 heteroatoms. The summed E-state index contributed by atoms with van der Waals surface area (Å²) in [5.74, 6) is -0.521. The van der Waals surface area contributed by atoms with Gasteiger partial charge in [0.2, 0.25) is 0 Å². The van der Waals surface area contributed by atoms with Crippen LogP contribution in [-0.2, 0) is 0 Å². The van der Waals surface area contributed by atoms with Gasteiger partial charge in [-0.15, -0.1) is 13.2 Å². The van der Waals surface area contributed by atoms with Crippen LogP contribution in [0.3, 0.4) is 0 Å². The largest absolute Gasteiger partial charge is 0.573 e. The van der Waals surface area contributed by atoms with Gasteiger partial charge in [-0.3, -0.25) is 0 Å². The molecule has 18 heavy (non-hydrogen) atoms. The summed E-state index contributed by atoms with van der Waals surface area (Å²) in [6.45, 7) is 0.0432. The van der Waals surface area contributed by atoms with Crippen LogP contribution >= 0.6 is 0 Å². The van der Waals surface area contributed by atoms with Crippen LogP contribution in [0.4, 0.5) is 13.2 Å². The van der Waals surface area contributed by atoms with Crippen LogP contribution in [0.15, 0.2) is 24.3 Å². The van der Waals surface area contributed by atoms with Gasteiger partial charge in [0, 0.05) is 12.1 Å². The molecule has 0 fully saturated rings. The van der Waals surface area contributed by atoms with Crippen LogP contribution in [-0.4, -0.2) is 36.3 Å². The average molecular weight is 265 g/mol. The van der Waals surface area contributed by atoms with Crippen molar-refractivity contribution >= 4 is 0 Å². The SMILES string of the molecule is CNCC(O)C(O)c1ccccc1OC(F)(F)F. The fraction of sp³-hybridized carbons (Fsp3) is 0.455. The van der Waals surface area contributed by atoms with Crippen molar-refractivity contribution in [3.63, 3.8) is 0 Å². The van der Waals surface area contributed by atoms with Crippen LogP contribution < -0.4 is 10.1 Å². The number of nitrogens with one attached hydrogen (secondary N) is 1. The molecular weight excluding hydrogens is 251 g/mol. The van der Waals surface area contributed by atoms with E-state index in [4.69, 9.17) is 0 Å². The maximum absolute atomic E-state index is 12.2. The van der Waals surface area contributed by atoms with Gasteiger partial charge in [-0.1, -0.05) is 18.2 Å². The van der Waals surface area contributed by atoms with Crippen LogP contribution in [0.25, 0.3) is 0 Å². The van der Waals surface area contributed by atoms with Crippen molar-refractivity contribution in [1.82, 2.24) is 5.32 Å². The third kappa shape index (κ3) is 4.17. The van der Waals surface area contributed by atoms with Crippen molar-refractivity contribution in [1.29, 1.82) is 0 Å². The van der Waals surface area contributed by atoms with E-state index in [-0.39, 0.29) is 12.1 Å². The summed E-state index contributed by atoms with van der Waals surface area (Å²) in [4.78, 5) is 0. The minimum Gasteiger partial charge on any atom is -0.405 e. The maximum Gasteiger partial charge on any atom is 0.573 e. The first-order valence-corrected chi connectivity index (χ1v) is 5.20. The second-order valence-electron chi connectivity index (χ2n) is 3.66. The number of hydrogen-bond donors (Lipinski definition) is 3. The van der Waals surface area contributed by atoms with E-state index in [9.17, 15) is 23.4 Å². The first kappa shape index (κ1) is 14.7. The summed E-state index contributed by atoms with van der Waals surface area (Å²) in [5.41, 5.74) is -0.113. The van der Waals surface area contributed by atoms with E-state index in [1.165, 1.54) is 18.2 Å². The number of hydrogen-bond acceptors (Lipinski definition) is 4. The van der Waals surface area contributed by atoms with Gasteiger partial charge in [-0.25, -0.2) is 0 Å². The van der Waals surface area contributed by atoms with E-state index in [1.54, 1.807) is 7.05 Å². The molecule has 0 heterocycles. The summed E-state index contributed by atoms with van der Waals surface area (Å²) in [6, 6.07) is 5.15. The summed E-state index contributed by atoms with van der Waals surface area (Å²) in [6.07, 6.45) is -7.53. The molecule has 0 aromatic heterocycles. The van der Waals surface area contributed by atoms with Crippen molar-refractivity contribution in [2.45, 2.75) is 18.6 Å². The molecule has 1 aromatic carbocycles. The second-order valence-corrected chi connectivity index (χ2v) is 3.66. The third-order valence-electron chi connectivity index (χ3n) is 2.24. The molecule has 1 aromatic rings. The number of alkyl halides is 3. The fourth-order valence-corrected chi connectivity index (χ4v) is 1.47. The smallest absolute Gasteiger partial charge is 0.405 e. The predicted molar refractivity (Wildman–Crippen MR) is 58.0 cm³/mol. The molecular formula is C11H14F3NO3. The first-order valence-electron chi connectivity index (χ1n) is 5.20. The number of benzene rings is 1. The highest BCUT2D eigenvalue weighted by Gasteiger charge is 2.33. The van der Waals surface area contributed by atoms with Crippen molar-refractivity contribution in [2.24, 2.45) is 0 Å². The van der Waals surface area contributed by atoms with Crippen molar-refractivity contribution in [3.8, 4) is 5.75 Å². The summed E-state index contributed by atoms with van der Waals surface area (Å²) >= 11 is 0. The monoisotopic (exact) mass is 265 g/mol. The number of aliphatic hydroxyl groups excluding tert-OH is 2. The topological polar surface area (TPSA) is 61.7 Å². The molecule has 0 aliphatic heterocycles. The van der Waals surface area contributed by atoms with Crippen LogP contribution in [0.5, 0.6) is 5.75 Å². The maximum atomic E-state index is 12.2. The van der Waals surface area contributed by atoms with E-state index in [0.717, 1.165) is 6.07 Å². The Morgan fingerprint density at radius 3 is 2.44 bits per heavy atom. The van der Waals surface area contributed by atoms with Gasteiger partial charge in [0.15, 0.2) is 0 Å². The lowest BCUT2D eigenvalue weighted by Gasteiger charge is -2.21. The number of likely N-dealkylation sites (N-methyl/N-ethyl adjacent to an activating group) is 1. The lowest BCUT2D eigenvalue weighted by atomic mass is 10.0. The van der Waals surface area contributed by atoms with E-state index in [2.05, 4.69) is 10.1 Å². The molecule has 2 atom stereocenters. The van der Waals surface area contributed by atoms with Crippen LogP contribution in [0, 0.1) is 0 Å². The number of aliphatic hydroxyl groups is 2. The summed E-state index contributed by atoms with van der Waals surface area (Å²) in [7, 11) is 1.55. The minimum atomic E-state index is -4.84. The molecule has 0 saturated heterocycles. The number of ether oxygens (including phenoxy) is 1. The Bertz CT molecular complexity index is 384. The van der Waals surface area contributed by atoms with E-state index >= 15 is 0 Å². The Morgan fingerprint density at radius 1 is 1.28 bits per heavy atom. The van der Waals surface area contributed by atoms with Gasteiger partial charge in [0.25, 0.3) is 0 Å². The van der Waals surface area contributed by atoms with Gasteiger partial charge in [0.1, 0.15) is 11.9 Å². The molecule has 4 nitrogen and oxygen atoms in total. The quantitative estimate of drug-likeness (QED) is 0.748. The Balaban J connectivity index is 2.94. The lowest BCUT2D eigenvalue weighted by Crippen LogP contribution is -2.30. The number of para-hydroxylation sites is 1. The molecule has 0 aliphatic carbocycles. The highest BCUT2D eigenvalue weighted by atomic mass is 19.4. The van der Waals surface area contributed by atoms with Crippen LogP contribution in [0.1, 0.15) is 11.7 Å². The highest BCUT2D eigenvalue weighted by molar-refractivity contribution is 5.35. The zero-order valence-electron chi connectivity index (χ0n) is 9.61. The predicted octanol–water partition coefficient (Wildman–Crippen LogP) is 1.20. The van der Waals surface area contributed by atoms with Crippen molar-refractivity contribution in [2.75, 3.05) is 13.6 Å². The van der Waals surface area contributed by atoms with Gasteiger partial charge in [-0.2, -0.15) is 0 Å². The van der Waals surface area contributed by atoms with Crippen molar-refractivity contribution in [3.05, 3.63) is 29.8 Å². The van der Waals surface area contributed by atoms with Gasteiger partial charge >= 0.3 is 6.36 Å². The van der Waals surface area contributed by atoms with Crippen molar-refractivity contribution < 1.29 is 28.1 Å². The lowest BCUT2D eigenvalue weighted by molar-refractivity contribution is -0.275. The Morgan fingerprint density at radius 2 is 1.89 bits per heavy atom. The Labute approximate surface area is 102 Å². The van der Waals surface area contributed by atoms with E-state index in [1.807, 2.05) is 0 Å². The second kappa shape index (κ2) is 6.03. The third-order valence-corrected chi connectivity index (χ3v) is 2.24. The van der Waals surface area contributed by atoms with Gasteiger partial charge in [0.05, 0.1) is 6.10 Å². The molecule has 0 amide bonds. The molecule has 0 aliphatic rings. The zero-order chi connectivity index (χ0) is 13.8. The molecule has 102 valence electrons. The Kier molecular flexibility index (Phi) is 4.94. The van der Waals surface area contributed by atoms with Gasteiger partial charge < -0.3 is 20.3 Å². The molecule has 0 saturated carbocycles.